The average Bonchev–Trinajstić information content (AvgIpc) is 1.79. The zero-order valence-corrected chi connectivity index (χ0v) is 10.7. The van der Waals surface area contributed by atoms with Crippen molar-refractivity contribution in [1.29, 1.82) is 0 Å². The maximum Gasteiger partial charge on any atom is 0.302 e. The van der Waals surface area contributed by atoms with E-state index in [0.29, 0.717) is 12.8 Å². The summed E-state index contributed by atoms with van der Waals surface area (Å²) in [6, 6.07) is 0. The van der Waals surface area contributed by atoms with Crippen LogP contribution >= 0.6 is 0 Å². The van der Waals surface area contributed by atoms with Crippen LogP contribution in [0.2, 0.25) is 0 Å². The number of hydrogen-bond acceptors (Lipinski definition) is 0. The van der Waals surface area contributed by atoms with Crippen LogP contribution < -0.4 is 0 Å². The molecule has 15 heavy (non-hydrogen) atoms. The van der Waals surface area contributed by atoms with Gasteiger partial charge in [-0.3, -0.25) is 19.2 Å². The summed E-state index contributed by atoms with van der Waals surface area (Å²) in [5.41, 5.74) is 0. The molecule has 4 N–H and O–H groups in total. The minimum absolute atomic E-state index is 0. The van der Waals surface area contributed by atoms with E-state index in [1.54, 1.807) is 27.7 Å². The third-order valence-corrected chi connectivity index (χ3v) is 1.02. The normalized spacial score (nSPS) is 7.73. The van der Waals surface area contributed by atoms with Gasteiger partial charge < -0.3 is 0 Å². The van der Waals surface area contributed by atoms with Gasteiger partial charge in [-0.1, -0.05) is 0 Å². The SMILES string of the molecule is CC(=[OH+])CC(C)=[OH+].CC(=[OH+])CC(C)=[OH+].[Fe]. The molecule has 0 saturated heterocycles. The molecule has 0 fully saturated rings. The first-order valence-electron chi connectivity index (χ1n) is 4.31. The van der Waals surface area contributed by atoms with E-state index in [0.717, 1.165) is 0 Å². The molecule has 0 rings (SSSR count). The molecule has 0 atom stereocenters. The summed E-state index contributed by atoms with van der Waals surface area (Å²) in [6.07, 6.45) is 0.611. The molecular weight excluding hydrogens is 240 g/mol. The Kier molecular flexibility index (Phi) is 14.8. The first-order valence-corrected chi connectivity index (χ1v) is 4.31. The molecule has 0 aliphatic heterocycles. The van der Waals surface area contributed by atoms with E-state index in [2.05, 4.69) is 0 Å². The smallest absolute Gasteiger partial charge is 0.283 e. The summed E-state index contributed by atoms with van der Waals surface area (Å²) in [5, 5.41) is 0. The quantitative estimate of drug-likeness (QED) is 0.410. The van der Waals surface area contributed by atoms with Crippen LogP contribution in [0.3, 0.4) is 0 Å². The zero-order valence-electron chi connectivity index (χ0n) is 9.56. The van der Waals surface area contributed by atoms with Crippen LogP contribution in [-0.4, -0.2) is 42.3 Å². The first kappa shape index (κ1) is 19.7. The van der Waals surface area contributed by atoms with Crippen molar-refractivity contribution in [3.63, 3.8) is 0 Å². The monoisotopic (exact) mass is 260 g/mol. The Bertz CT molecular complexity index is 196. The van der Waals surface area contributed by atoms with E-state index < -0.39 is 0 Å². The maximum atomic E-state index is 8.46. The van der Waals surface area contributed by atoms with Crippen LogP contribution in [0.4, 0.5) is 0 Å². The molecule has 0 aromatic heterocycles. The van der Waals surface area contributed by atoms with Crippen LogP contribution in [0, 0.1) is 0 Å². The summed E-state index contributed by atoms with van der Waals surface area (Å²) < 4.78 is 0. The second-order valence-corrected chi connectivity index (χ2v) is 3.29. The molecule has 0 radical (unpaired) electrons. The summed E-state index contributed by atoms with van der Waals surface area (Å²) in [7, 11) is 0. The third kappa shape index (κ3) is 31.9. The van der Waals surface area contributed by atoms with Gasteiger partial charge in [-0.05, 0) is 0 Å². The number of hydrogen-bond donors (Lipinski definition) is 0. The topological polar surface area (TPSA) is 85.6 Å². The maximum absolute atomic E-state index is 8.46. The van der Waals surface area contributed by atoms with E-state index in [1.165, 1.54) is 0 Å². The Balaban J connectivity index is -0.000000180. The molecule has 0 bridgehead atoms. The number of rotatable bonds is 4. The standard InChI is InChI=1S/2C5H8O2.Fe/c2*1-4(6)3-5(2)7;/h2*3H2,1-2H3;/p+4. The molecule has 0 aliphatic carbocycles. The van der Waals surface area contributed by atoms with Crippen LogP contribution in [0.1, 0.15) is 40.5 Å². The number of ketones is 4. The molecule has 0 aliphatic rings. The zero-order chi connectivity index (χ0) is 11.7. The molecule has 88 valence electrons. The van der Waals surface area contributed by atoms with Crippen LogP contribution in [0.25, 0.3) is 0 Å². The molecule has 0 amide bonds. The fraction of sp³-hybridized carbons (Fsp3) is 0.600. The van der Waals surface area contributed by atoms with Crippen LogP contribution in [-0.2, 0) is 17.1 Å². The van der Waals surface area contributed by atoms with Crippen LogP contribution in [0.15, 0.2) is 0 Å². The van der Waals surface area contributed by atoms with E-state index in [9.17, 15) is 0 Å². The minimum Gasteiger partial charge on any atom is -0.283 e. The van der Waals surface area contributed by atoms with Gasteiger partial charge >= 0.3 is 23.1 Å². The van der Waals surface area contributed by atoms with Gasteiger partial charge in [-0.25, -0.2) is 0 Å². The van der Waals surface area contributed by atoms with Gasteiger partial charge in [0.25, 0.3) is 0 Å². The molecule has 0 saturated carbocycles. The van der Waals surface area contributed by atoms with E-state index in [1.807, 2.05) is 0 Å². The van der Waals surface area contributed by atoms with Crippen molar-refractivity contribution in [3.05, 3.63) is 0 Å². The first-order chi connectivity index (χ1) is 6.25. The average molecular weight is 260 g/mol. The summed E-state index contributed by atoms with van der Waals surface area (Å²) in [4.78, 5) is 33.8. The molecule has 0 heterocycles. The van der Waals surface area contributed by atoms with Gasteiger partial charge in [-0.15, -0.1) is 0 Å². The van der Waals surface area contributed by atoms with Crippen molar-refractivity contribution >= 4 is 23.1 Å². The van der Waals surface area contributed by atoms with Gasteiger partial charge in [0.05, 0.1) is 0 Å². The van der Waals surface area contributed by atoms with Gasteiger partial charge in [0, 0.05) is 44.8 Å². The second-order valence-electron chi connectivity index (χ2n) is 3.29. The number of carbonyl (C=O) groups excluding carboxylic acids is 4. The largest absolute Gasteiger partial charge is 0.302 e. The van der Waals surface area contributed by atoms with Crippen molar-refractivity contribution in [2.75, 3.05) is 0 Å². The van der Waals surface area contributed by atoms with Crippen LogP contribution in [0.5, 0.6) is 0 Å². The predicted molar refractivity (Wildman–Crippen MR) is 59.7 cm³/mol. The third-order valence-electron chi connectivity index (χ3n) is 1.02. The van der Waals surface area contributed by atoms with Gasteiger partial charge in [0.1, 0.15) is 0 Å². The molecule has 0 unspecified atom stereocenters. The Morgan fingerprint density at radius 2 is 0.733 bits per heavy atom. The Hall–Kier alpha value is -0.801. The summed E-state index contributed by atoms with van der Waals surface area (Å²) in [5.74, 6) is 1.00. The Morgan fingerprint density at radius 3 is 0.733 bits per heavy atom. The van der Waals surface area contributed by atoms with Gasteiger partial charge in [-0.2, -0.15) is 0 Å². The van der Waals surface area contributed by atoms with Crippen molar-refractivity contribution in [1.82, 2.24) is 0 Å². The predicted octanol–water partition coefficient (Wildman–Crippen LogP) is 1.01. The van der Waals surface area contributed by atoms with Gasteiger partial charge in [0.2, 0.25) is 0 Å². The van der Waals surface area contributed by atoms with Crippen molar-refractivity contribution in [3.8, 4) is 0 Å². The molecule has 4 nitrogen and oxygen atoms in total. The Morgan fingerprint density at radius 1 is 0.600 bits per heavy atom. The summed E-state index contributed by atoms with van der Waals surface area (Å²) in [6.45, 7) is 6.22. The van der Waals surface area contributed by atoms with Crippen molar-refractivity contribution < 1.29 is 36.2 Å². The van der Waals surface area contributed by atoms with E-state index in [-0.39, 0.29) is 40.2 Å². The molecule has 0 aromatic rings. The van der Waals surface area contributed by atoms with Gasteiger partial charge in [0.15, 0.2) is 12.8 Å². The van der Waals surface area contributed by atoms with E-state index in [4.69, 9.17) is 19.2 Å². The van der Waals surface area contributed by atoms with E-state index >= 15 is 0 Å². The molecular formula is C10H20FeO4+4. The molecule has 5 heteroatoms. The fourth-order valence-corrected chi connectivity index (χ4v) is 0.740. The fourth-order valence-electron chi connectivity index (χ4n) is 0.740. The summed E-state index contributed by atoms with van der Waals surface area (Å²) >= 11 is 0. The Labute approximate surface area is 100 Å². The molecule has 0 aromatic carbocycles. The minimum atomic E-state index is 0. The van der Waals surface area contributed by atoms with Crippen molar-refractivity contribution in [2.45, 2.75) is 40.5 Å². The molecule has 0 spiro atoms. The second kappa shape index (κ2) is 11.3. The van der Waals surface area contributed by atoms with Crippen molar-refractivity contribution in [2.24, 2.45) is 0 Å².